The molecule has 4 rings (SSSR count). The summed E-state index contributed by atoms with van der Waals surface area (Å²) in [5.41, 5.74) is 5.46. The highest BCUT2D eigenvalue weighted by Gasteiger charge is 2.13. The average Bonchev–Trinajstić information content (AvgIpc) is 3.30. The Hall–Kier alpha value is -4.51. The average molecular weight is 428 g/mol. The van der Waals surface area contributed by atoms with Crippen LogP contribution in [0.3, 0.4) is 0 Å². The van der Waals surface area contributed by atoms with Crippen LogP contribution < -0.4 is 25.0 Å². The van der Waals surface area contributed by atoms with E-state index in [0.29, 0.717) is 29.4 Å². The van der Waals surface area contributed by atoms with Crippen molar-refractivity contribution in [2.75, 3.05) is 18.7 Å². The Morgan fingerprint density at radius 3 is 2.75 bits per heavy atom. The second-order valence-corrected chi connectivity index (χ2v) is 6.84. The normalized spacial score (nSPS) is 11.7. The number of amides is 1. The zero-order valence-corrected chi connectivity index (χ0v) is 17.1. The predicted octanol–water partition coefficient (Wildman–Crippen LogP) is 3.43. The lowest BCUT2D eigenvalue weighted by atomic mass is 10.1. The third-order valence-electron chi connectivity index (χ3n) is 4.64. The van der Waals surface area contributed by atoms with Crippen molar-refractivity contribution in [2.45, 2.75) is 6.61 Å². The monoisotopic (exact) mass is 428 g/mol. The summed E-state index contributed by atoms with van der Waals surface area (Å²) < 4.78 is 16.3. The summed E-state index contributed by atoms with van der Waals surface area (Å²) in [6.45, 7) is 0.577. The first-order valence-corrected chi connectivity index (χ1v) is 9.87. The number of carbonyl (C=O) groups is 1. The van der Waals surface area contributed by atoms with E-state index in [1.165, 1.54) is 0 Å². The van der Waals surface area contributed by atoms with Gasteiger partial charge in [-0.15, -0.1) is 0 Å². The van der Waals surface area contributed by atoms with Gasteiger partial charge in [0, 0.05) is 17.3 Å². The fraction of sp³-hybridized carbons (Fsp3) is 0.125. The van der Waals surface area contributed by atoms with Crippen molar-refractivity contribution in [3.8, 4) is 23.3 Å². The number of nitrogens with one attached hydrogen (secondary N) is 2. The molecule has 0 bridgehead atoms. The summed E-state index contributed by atoms with van der Waals surface area (Å²) in [6, 6.07) is 22.1. The standard InChI is InChI=1S/C24H20N4O4/c25-12-18-3-1-2-4-19(18)15-30-21-8-5-17(6-9-21)13-27-28-24(29)14-26-20-7-10-22-23(11-20)32-16-31-22/h1-11,13,26H,14-16H2,(H,28,29). The fourth-order valence-electron chi connectivity index (χ4n) is 2.97. The second-order valence-electron chi connectivity index (χ2n) is 6.84. The summed E-state index contributed by atoms with van der Waals surface area (Å²) in [5.74, 6) is 1.73. The molecule has 0 saturated heterocycles. The minimum Gasteiger partial charge on any atom is -0.489 e. The van der Waals surface area contributed by atoms with Gasteiger partial charge in [0.25, 0.3) is 5.91 Å². The number of ether oxygens (including phenoxy) is 3. The fourth-order valence-corrected chi connectivity index (χ4v) is 2.97. The van der Waals surface area contributed by atoms with E-state index in [1.807, 2.05) is 36.4 Å². The molecule has 32 heavy (non-hydrogen) atoms. The van der Waals surface area contributed by atoms with Crippen molar-refractivity contribution in [1.82, 2.24) is 5.43 Å². The lowest BCUT2D eigenvalue weighted by Gasteiger charge is -2.08. The molecule has 0 aliphatic carbocycles. The van der Waals surface area contributed by atoms with Crippen LogP contribution in [0.4, 0.5) is 5.69 Å². The van der Waals surface area contributed by atoms with Crippen LogP contribution >= 0.6 is 0 Å². The van der Waals surface area contributed by atoms with E-state index < -0.39 is 0 Å². The van der Waals surface area contributed by atoms with Crippen molar-refractivity contribution in [2.24, 2.45) is 5.10 Å². The van der Waals surface area contributed by atoms with Gasteiger partial charge in [-0.3, -0.25) is 4.79 Å². The number of nitriles is 1. The molecular formula is C24H20N4O4. The highest BCUT2D eigenvalue weighted by atomic mass is 16.7. The minimum absolute atomic E-state index is 0.0634. The number of hydrazone groups is 1. The maximum Gasteiger partial charge on any atom is 0.259 e. The van der Waals surface area contributed by atoms with Gasteiger partial charge in [0.1, 0.15) is 12.4 Å². The van der Waals surface area contributed by atoms with E-state index in [2.05, 4.69) is 21.9 Å². The SMILES string of the molecule is N#Cc1ccccc1COc1ccc(C=NNC(=O)CNc2ccc3c(c2)OCO3)cc1. The number of hydrogen-bond donors (Lipinski definition) is 2. The van der Waals surface area contributed by atoms with Gasteiger partial charge in [0.05, 0.1) is 24.4 Å². The molecular weight excluding hydrogens is 408 g/mol. The molecule has 2 N–H and O–H groups in total. The molecule has 8 heteroatoms. The minimum atomic E-state index is -0.282. The summed E-state index contributed by atoms with van der Waals surface area (Å²) >= 11 is 0. The Kier molecular flexibility index (Phi) is 6.48. The maximum absolute atomic E-state index is 12.0. The van der Waals surface area contributed by atoms with Crippen LogP contribution in [0.15, 0.2) is 71.8 Å². The Morgan fingerprint density at radius 1 is 1.09 bits per heavy atom. The van der Waals surface area contributed by atoms with Gasteiger partial charge in [-0.25, -0.2) is 5.43 Å². The molecule has 0 spiro atoms. The van der Waals surface area contributed by atoms with E-state index in [1.54, 1.807) is 36.5 Å². The maximum atomic E-state index is 12.0. The highest BCUT2D eigenvalue weighted by molar-refractivity contribution is 5.84. The third-order valence-corrected chi connectivity index (χ3v) is 4.64. The molecule has 1 heterocycles. The quantitative estimate of drug-likeness (QED) is 0.421. The summed E-state index contributed by atoms with van der Waals surface area (Å²) in [4.78, 5) is 12.0. The number of fused-ring (bicyclic) bond motifs is 1. The van der Waals surface area contributed by atoms with Crippen LogP contribution in [0.25, 0.3) is 0 Å². The molecule has 0 fully saturated rings. The van der Waals surface area contributed by atoms with Gasteiger partial charge in [-0.1, -0.05) is 18.2 Å². The van der Waals surface area contributed by atoms with Gasteiger partial charge < -0.3 is 19.5 Å². The Bertz CT molecular complexity index is 1170. The van der Waals surface area contributed by atoms with Gasteiger partial charge in [0.2, 0.25) is 6.79 Å². The molecule has 1 aliphatic rings. The molecule has 3 aromatic carbocycles. The lowest BCUT2D eigenvalue weighted by molar-refractivity contribution is -0.119. The summed E-state index contributed by atoms with van der Waals surface area (Å²) in [5, 5.41) is 16.1. The number of benzene rings is 3. The van der Waals surface area contributed by atoms with E-state index in [0.717, 1.165) is 16.8 Å². The number of anilines is 1. The molecule has 8 nitrogen and oxygen atoms in total. The predicted molar refractivity (Wildman–Crippen MR) is 119 cm³/mol. The van der Waals surface area contributed by atoms with Crippen LogP contribution in [0.5, 0.6) is 17.2 Å². The van der Waals surface area contributed by atoms with Crippen molar-refractivity contribution >= 4 is 17.8 Å². The largest absolute Gasteiger partial charge is 0.489 e. The van der Waals surface area contributed by atoms with Crippen LogP contribution in [0.2, 0.25) is 0 Å². The third kappa shape index (κ3) is 5.34. The van der Waals surface area contributed by atoms with Crippen molar-refractivity contribution in [3.05, 3.63) is 83.4 Å². The van der Waals surface area contributed by atoms with Gasteiger partial charge >= 0.3 is 0 Å². The smallest absolute Gasteiger partial charge is 0.259 e. The first kappa shape index (κ1) is 20.8. The molecule has 160 valence electrons. The van der Waals surface area contributed by atoms with E-state index in [9.17, 15) is 4.79 Å². The number of nitrogens with zero attached hydrogens (tertiary/aromatic N) is 2. The highest BCUT2D eigenvalue weighted by Crippen LogP contribution is 2.34. The van der Waals surface area contributed by atoms with Crippen molar-refractivity contribution in [1.29, 1.82) is 5.26 Å². The molecule has 1 amide bonds. The van der Waals surface area contributed by atoms with Crippen LogP contribution in [-0.4, -0.2) is 25.5 Å². The van der Waals surface area contributed by atoms with Crippen molar-refractivity contribution < 1.29 is 19.0 Å². The number of rotatable bonds is 8. The number of carbonyl (C=O) groups excluding carboxylic acids is 1. The molecule has 1 aliphatic heterocycles. The first-order valence-electron chi connectivity index (χ1n) is 9.87. The molecule has 0 radical (unpaired) electrons. The van der Waals surface area contributed by atoms with Crippen LogP contribution in [-0.2, 0) is 11.4 Å². The Morgan fingerprint density at radius 2 is 1.91 bits per heavy atom. The zero-order chi connectivity index (χ0) is 22.2. The lowest BCUT2D eigenvalue weighted by Crippen LogP contribution is -2.25. The van der Waals surface area contributed by atoms with E-state index in [4.69, 9.17) is 19.5 Å². The van der Waals surface area contributed by atoms with E-state index >= 15 is 0 Å². The summed E-state index contributed by atoms with van der Waals surface area (Å²) in [6.07, 6.45) is 1.55. The van der Waals surface area contributed by atoms with Gasteiger partial charge in [0.15, 0.2) is 11.5 Å². The van der Waals surface area contributed by atoms with E-state index in [-0.39, 0.29) is 19.2 Å². The Labute approximate surface area is 185 Å². The van der Waals surface area contributed by atoms with Crippen molar-refractivity contribution in [3.63, 3.8) is 0 Å². The molecule has 3 aromatic rings. The molecule has 0 aromatic heterocycles. The first-order chi connectivity index (χ1) is 15.7. The van der Waals surface area contributed by atoms with Crippen LogP contribution in [0, 0.1) is 11.3 Å². The van der Waals surface area contributed by atoms with Gasteiger partial charge in [-0.05, 0) is 48.0 Å². The Balaban J connectivity index is 1.22. The van der Waals surface area contributed by atoms with Gasteiger partial charge in [-0.2, -0.15) is 10.4 Å². The summed E-state index contributed by atoms with van der Waals surface area (Å²) in [7, 11) is 0. The second kappa shape index (κ2) is 10.00. The number of hydrogen-bond acceptors (Lipinski definition) is 7. The zero-order valence-electron chi connectivity index (χ0n) is 17.1. The topological polar surface area (TPSA) is 105 Å². The molecule has 0 unspecified atom stereocenters. The molecule has 0 saturated carbocycles. The molecule has 0 atom stereocenters. The van der Waals surface area contributed by atoms with Crippen LogP contribution in [0.1, 0.15) is 16.7 Å².